The van der Waals surface area contributed by atoms with E-state index >= 15 is 0 Å². The van der Waals surface area contributed by atoms with Crippen LogP contribution in [0.5, 0.6) is 0 Å². The molecule has 1 aromatic carbocycles. The maximum Gasteiger partial charge on any atom is 0.373 e. The lowest BCUT2D eigenvalue weighted by Gasteiger charge is -2.03. The van der Waals surface area contributed by atoms with Crippen LogP contribution in [0, 0.1) is 0 Å². The Morgan fingerprint density at radius 2 is 1.88 bits per heavy atom. The second-order valence-electron chi connectivity index (χ2n) is 3.24. The molecule has 0 saturated carbocycles. The maximum absolute atomic E-state index is 11.4. The number of carbonyl (C=O) groups is 1. The summed E-state index contributed by atoms with van der Waals surface area (Å²) >= 11 is 0. The van der Waals surface area contributed by atoms with Gasteiger partial charge in [0.05, 0.1) is 12.2 Å². The van der Waals surface area contributed by atoms with E-state index in [-0.39, 0.29) is 6.61 Å². The van der Waals surface area contributed by atoms with Crippen molar-refractivity contribution in [2.45, 2.75) is 13.3 Å². The molecular weight excluding hydrogens is 208 g/mol. The first-order valence-corrected chi connectivity index (χ1v) is 5.19. The molecular formula is C12H16O4. The highest BCUT2D eigenvalue weighted by Crippen LogP contribution is 2.06. The lowest BCUT2D eigenvalue weighted by atomic mass is 10.1. The molecule has 0 spiro atoms. The third-order valence-electron chi connectivity index (χ3n) is 2.10. The van der Waals surface area contributed by atoms with E-state index in [1.807, 2.05) is 12.1 Å². The molecule has 0 radical (unpaired) electrons. The van der Waals surface area contributed by atoms with Gasteiger partial charge in [0.1, 0.15) is 6.61 Å². The standard InChI is InChI=1S/C12H16O4/c1-3-10-4-6-11(7-5-10)12(13)16-15-9-8-14-2/h4-7H,3,8-9H2,1-2H3. The zero-order valence-electron chi connectivity index (χ0n) is 9.56. The molecule has 0 bridgehead atoms. The van der Waals surface area contributed by atoms with E-state index in [0.717, 1.165) is 6.42 Å². The summed E-state index contributed by atoms with van der Waals surface area (Å²) in [6.07, 6.45) is 0.944. The number of carbonyl (C=O) groups excluding carboxylic acids is 1. The molecule has 4 nitrogen and oxygen atoms in total. The quantitative estimate of drug-likeness (QED) is 0.421. The number of hydrogen-bond acceptors (Lipinski definition) is 4. The van der Waals surface area contributed by atoms with Crippen molar-refractivity contribution in [3.8, 4) is 0 Å². The van der Waals surface area contributed by atoms with Gasteiger partial charge in [-0.1, -0.05) is 19.1 Å². The molecule has 0 fully saturated rings. The molecule has 88 valence electrons. The van der Waals surface area contributed by atoms with Crippen molar-refractivity contribution in [2.75, 3.05) is 20.3 Å². The number of methoxy groups -OCH3 is 1. The van der Waals surface area contributed by atoms with Crippen molar-refractivity contribution in [3.63, 3.8) is 0 Å². The van der Waals surface area contributed by atoms with Gasteiger partial charge < -0.3 is 4.74 Å². The van der Waals surface area contributed by atoms with Crippen LogP contribution in [0.1, 0.15) is 22.8 Å². The molecule has 0 unspecified atom stereocenters. The predicted octanol–water partition coefficient (Wildman–Crippen LogP) is 1.98. The first-order chi connectivity index (χ1) is 7.77. The molecule has 4 heteroatoms. The summed E-state index contributed by atoms with van der Waals surface area (Å²) < 4.78 is 4.74. The molecule has 16 heavy (non-hydrogen) atoms. The summed E-state index contributed by atoms with van der Waals surface area (Å²) in [5.41, 5.74) is 1.66. The Bertz CT molecular complexity index is 318. The second kappa shape index (κ2) is 6.98. The van der Waals surface area contributed by atoms with Gasteiger partial charge >= 0.3 is 5.97 Å². The summed E-state index contributed by atoms with van der Waals surface area (Å²) in [5, 5.41) is 0. The van der Waals surface area contributed by atoms with Gasteiger partial charge in [-0.3, -0.25) is 4.89 Å². The van der Waals surface area contributed by atoms with Crippen LogP contribution in [0.4, 0.5) is 0 Å². The number of benzene rings is 1. The molecule has 1 rings (SSSR count). The minimum Gasteiger partial charge on any atom is -0.382 e. The highest BCUT2D eigenvalue weighted by atomic mass is 17.2. The fourth-order valence-electron chi connectivity index (χ4n) is 1.14. The van der Waals surface area contributed by atoms with E-state index in [9.17, 15) is 4.79 Å². The van der Waals surface area contributed by atoms with Gasteiger partial charge in [-0.05, 0) is 24.1 Å². The zero-order chi connectivity index (χ0) is 11.8. The summed E-state index contributed by atoms with van der Waals surface area (Å²) in [7, 11) is 1.55. The van der Waals surface area contributed by atoms with Crippen molar-refractivity contribution >= 4 is 5.97 Å². The minimum absolute atomic E-state index is 0.231. The van der Waals surface area contributed by atoms with Crippen molar-refractivity contribution < 1.29 is 19.3 Å². The van der Waals surface area contributed by atoms with E-state index in [0.29, 0.717) is 12.2 Å². The topological polar surface area (TPSA) is 44.8 Å². The van der Waals surface area contributed by atoms with Crippen molar-refractivity contribution in [3.05, 3.63) is 35.4 Å². The van der Waals surface area contributed by atoms with Gasteiger partial charge in [-0.2, -0.15) is 4.89 Å². The monoisotopic (exact) mass is 224 g/mol. The van der Waals surface area contributed by atoms with Gasteiger partial charge in [0, 0.05) is 7.11 Å². The molecule has 1 aromatic rings. The van der Waals surface area contributed by atoms with E-state index < -0.39 is 5.97 Å². The fourth-order valence-corrected chi connectivity index (χ4v) is 1.14. The largest absolute Gasteiger partial charge is 0.382 e. The van der Waals surface area contributed by atoms with Gasteiger partial charge in [-0.15, -0.1) is 0 Å². The molecule has 0 N–H and O–H groups in total. The fraction of sp³-hybridized carbons (Fsp3) is 0.417. The van der Waals surface area contributed by atoms with Crippen LogP contribution in [0.2, 0.25) is 0 Å². The average molecular weight is 224 g/mol. The second-order valence-corrected chi connectivity index (χ2v) is 3.24. The zero-order valence-corrected chi connectivity index (χ0v) is 9.56. The lowest BCUT2D eigenvalue weighted by Crippen LogP contribution is -2.09. The molecule has 0 atom stereocenters. The van der Waals surface area contributed by atoms with Crippen LogP contribution in [-0.2, 0) is 20.9 Å². The first-order valence-electron chi connectivity index (χ1n) is 5.19. The number of ether oxygens (including phenoxy) is 1. The SMILES string of the molecule is CCc1ccc(C(=O)OOCCOC)cc1. The normalized spacial score (nSPS) is 10.1. The van der Waals surface area contributed by atoms with Crippen molar-refractivity contribution in [1.29, 1.82) is 0 Å². The van der Waals surface area contributed by atoms with E-state index in [2.05, 4.69) is 16.7 Å². The highest BCUT2D eigenvalue weighted by Gasteiger charge is 2.07. The Balaban J connectivity index is 2.40. The Hall–Kier alpha value is -1.39. The van der Waals surface area contributed by atoms with Gasteiger partial charge in [0.2, 0.25) is 0 Å². The van der Waals surface area contributed by atoms with E-state index in [4.69, 9.17) is 4.74 Å². The minimum atomic E-state index is -0.487. The van der Waals surface area contributed by atoms with E-state index in [1.165, 1.54) is 5.56 Å². The number of aryl methyl sites for hydroxylation is 1. The molecule has 0 amide bonds. The van der Waals surface area contributed by atoms with Crippen LogP contribution in [0.25, 0.3) is 0 Å². The Labute approximate surface area is 95.1 Å². The maximum atomic E-state index is 11.4. The smallest absolute Gasteiger partial charge is 0.373 e. The van der Waals surface area contributed by atoms with Gasteiger partial charge in [0.25, 0.3) is 0 Å². The Morgan fingerprint density at radius 3 is 2.44 bits per heavy atom. The van der Waals surface area contributed by atoms with E-state index in [1.54, 1.807) is 19.2 Å². The number of hydrogen-bond donors (Lipinski definition) is 0. The summed E-state index contributed by atoms with van der Waals surface area (Å²) in [6.45, 7) is 2.68. The van der Waals surface area contributed by atoms with Crippen molar-refractivity contribution in [1.82, 2.24) is 0 Å². The van der Waals surface area contributed by atoms with Crippen molar-refractivity contribution in [2.24, 2.45) is 0 Å². The summed E-state index contributed by atoms with van der Waals surface area (Å²) in [5.74, 6) is -0.487. The molecule has 0 aromatic heterocycles. The average Bonchev–Trinajstić information content (AvgIpc) is 2.34. The molecule has 0 aliphatic rings. The van der Waals surface area contributed by atoms with Crippen LogP contribution in [-0.4, -0.2) is 26.3 Å². The molecule has 0 aliphatic carbocycles. The molecule has 0 heterocycles. The first kappa shape index (κ1) is 12.7. The van der Waals surface area contributed by atoms with Gasteiger partial charge in [0.15, 0.2) is 0 Å². The van der Waals surface area contributed by atoms with Crippen LogP contribution >= 0.6 is 0 Å². The summed E-state index contributed by atoms with van der Waals surface area (Å²) in [4.78, 5) is 20.7. The van der Waals surface area contributed by atoms with Gasteiger partial charge in [-0.25, -0.2) is 4.79 Å². The Morgan fingerprint density at radius 1 is 1.19 bits per heavy atom. The lowest BCUT2D eigenvalue weighted by molar-refractivity contribution is -0.246. The van der Waals surface area contributed by atoms with Crippen LogP contribution in [0.3, 0.4) is 0 Å². The van der Waals surface area contributed by atoms with Crippen LogP contribution in [0.15, 0.2) is 24.3 Å². The number of rotatable bonds is 6. The summed E-state index contributed by atoms with van der Waals surface area (Å²) in [6, 6.07) is 7.24. The Kier molecular flexibility index (Phi) is 5.53. The molecule has 0 saturated heterocycles. The molecule has 0 aliphatic heterocycles. The van der Waals surface area contributed by atoms with Crippen LogP contribution < -0.4 is 0 Å². The third kappa shape index (κ3) is 4.00. The predicted molar refractivity (Wildman–Crippen MR) is 59.1 cm³/mol. The highest BCUT2D eigenvalue weighted by molar-refractivity contribution is 5.88. The third-order valence-corrected chi connectivity index (χ3v) is 2.10.